The molecule has 0 aliphatic heterocycles. The predicted molar refractivity (Wildman–Crippen MR) is 74.9 cm³/mol. The van der Waals surface area contributed by atoms with E-state index in [4.69, 9.17) is 10.2 Å². The fourth-order valence-corrected chi connectivity index (χ4v) is 2.38. The number of aryl methyl sites for hydroxylation is 1. The number of likely N-dealkylation sites (N-methyl/N-ethyl adjacent to an activating group) is 1. The van der Waals surface area contributed by atoms with Crippen LogP contribution in [0.1, 0.15) is 23.0 Å². The minimum Gasteiger partial charge on any atom is -0.448 e. The molecular weight excluding hydrogens is 282 g/mol. The van der Waals surface area contributed by atoms with Crippen molar-refractivity contribution in [3.63, 3.8) is 0 Å². The van der Waals surface area contributed by atoms with Crippen molar-refractivity contribution >= 4 is 15.9 Å². The van der Waals surface area contributed by atoms with Gasteiger partial charge in [0.2, 0.25) is 5.09 Å². The monoisotopic (exact) mass is 303 g/mol. The average molecular weight is 303 g/mol. The van der Waals surface area contributed by atoms with E-state index < -0.39 is 10.0 Å². The second-order valence-electron chi connectivity index (χ2n) is 4.82. The number of furan rings is 1. The van der Waals surface area contributed by atoms with Crippen molar-refractivity contribution in [3.05, 3.63) is 17.4 Å². The molecule has 20 heavy (non-hydrogen) atoms. The molecule has 1 aromatic rings. The summed E-state index contributed by atoms with van der Waals surface area (Å²) in [6.45, 7) is 3.69. The van der Waals surface area contributed by atoms with Crippen molar-refractivity contribution in [1.29, 1.82) is 0 Å². The Labute approximate surface area is 119 Å². The summed E-state index contributed by atoms with van der Waals surface area (Å²) in [6, 6.07) is 1.11. The largest absolute Gasteiger partial charge is 0.448 e. The number of nitrogens with two attached hydrogens (primary N) is 1. The van der Waals surface area contributed by atoms with Crippen molar-refractivity contribution in [2.24, 2.45) is 5.73 Å². The Balaban J connectivity index is 3.18. The molecule has 0 fully saturated rings. The zero-order valence-corrected chi connectivity index (χ0v) is 13.2. The topological polar surface area (TPSA) is 96.8 Å². The second-order valence-corrected chi connectivity index (χ2v) is 6.91. The number of nitrogens with zero attached hydrogens (tertiary/aromatic N) is 2. The molecule has 1 aromatic heterocycles. The fraction of sp³-hybridized carbons (Fsp3) is 0.583. The van der Waals surface area contributed by atoms with Crippen molar-refractivity contribution in [2.75, 3.05) is 27.7 Å². The van der Waals surface area contributed by atoms with Crippen LogP contribution in [-0.2, 0) is 10.0 Å². The molecular formula is C12H21N3O4S. The Bertz CT molecular complexity index is 592. The van der Waals surface area contributed by atoms with E-state index in [-0.39, 0.29) is 28.4 Å². The van der Waals surface area contributed by atoms with Crippen LogP contribution in [0.3, 0.4) is 0 Å². The number of carbonyl (C=O) groups excluding carboxylic acids is 1. The third kappa shape index (κ3) is 3.02. The van der Waals surface area contributed by atoms with Gasteiger partial charge in [-0.05, 0) is 13.8 Å². The number of amides is 1. The minimum absolute atomic E-state index is 0.147. The van der Waals surface area contributed by atoms with Crippen LogP contribution in [0.4, 0.5) is 0 Å². The molecule has 1 rings (SSSR count). The van der Waals surface area contributed by atoms with E-state index >= 15 is 0 Å². The molecule has 0 aromatic carbocycles. The molecule has 8 heteroatoms. The summed E-state index contributed by atoms with van der Waals surface area (Å²) in [4.78, 5) is 13.7. The molecule has 0 spiro atoms. The van der Waals surface area contributed by atoms with Crippen LogP contribution in [0.25, 0.3) is 0 Å². The van der Waals surface area contributed by atoms with Crippen LogP contribution in [0, 0.1) is 6.92 Å². The number of hydrogen-bond donors (Lipinski definition) is 1. The van der Waals surface area contributed by atoms with Gasteiger partial charge in [-0.2, -0.15) is 0 Å². The molecule has 1 atom stereocenters. The molecule has 114 valence electrons. The lowest BCUT2D eigenvalue weighted by molar-refractivity contribution is 0.0746. The maximum atomic E-state index is 12.3. The van der Waals surface area contributed by atoms with E-state index in [2.05, 4.69) is 0 Å². The third-order valence-electron chi connectivity index (χ3n) is 3.18. The summed E-state index contributed by atoms with van der Waals surface area (Å²) in [5.74, 6) is -0.0455. The first-order valence-corrected chi connectivity index (χ1v) is 7.57. The summed E-state index contributed by atoms with van der Waals surface area (Å²) in [7, 11) is 0.725. The molecule has 1 heterocycles. The van der Waals surface area contributed by atoms with Crippen LogP contribution in [-0.4, -0.2) is 57.3 Å². The Morgan fingerprint density at radius 2 is 1.95 bits per heavy atom. The first-order valence-electron chi connectivity index (χ1n) is 6.13. The van der Waals surface area contributed by atoms with Crippen LogP contribution in [0.2, 0.25) is 0 Å². The molecule has 7 nitrogen and oxygen atoms in total. The highest BCUT2D eigenvalue weighted by molar-refractivity contribution is 7.88. The summed E-state index contributed by atoms with van der Waals surface area (Å²) in [6.07, 6.45) is 0. The molecule has 0 saturated carbocycles. The number of hydrogen-bond acceptors (Lipinski definition) is 5. The van der Waals surface area contributed by atoms with Gasteiger partial charge in [-0.3, -0.25) is 4.79 Å². The number of sulfonamides is 1. The highest BCUT2D eigenvalue weighted by Gasteiger charge is 2.27. The molecule has 0 saturated heterocycles. The van der Waals surface area contributed by atoms with Crippen molar-refractivity contribution in [2.45, 2.75) is 25.0 Å². The van der Waals surface area contributed by atoms with E-state index in [1.807, 2.05) is 6.92 Å². The van der Waals surface area contributed by atoms with Gasteiger partial charge in [0.15, 0.2) is 0 Å². The smallest absolute Gasteiger partial charge is 0.275 e. The van der Waals surface area contributed by atoms with Gasteiger partial charge in [0, 0.05) is 39.8 Å². The lowest BCUT2D eigenvalue weighted by Crippen LogP contribution is -2.39. The molecule has 0 aliphatic rings. The first kappa shape index (κ1) is 16.7. The van der Waals surface area contributed by atoms with Crippen LogP contribution in [0.15, 0.2) is 15.6 Å². The van der Waals surface area contributed by atoms with E-state index in [1.165, 1.54) is 25.1 Å². The third-order valence-corrected chi connectivity index (χ3v) is 4.85. The lowest BCUT2D eigenvalue weighted by Gasteiger charge is -2.23. The lowest BCUT2D eigenvalue weighted by atomic mass is 10.2. The van der Waals surface area contributed by atoms with Crippen molar-refractivity contribution < 1.29 is 17.6 Å². The summed E-state index contributed by atoms with van der Waals surface area (Å²) < 4.78 is 30.2. The van der Waals surface area contributed by atoms with Gasteiger partial charge in [0.1, 0.15) is 5.76 Å². The van der Waals surface area contributed by atoms with Crippen molar-refractivity contribution in [3.8, 4) is 0 Å². The molecule has 0 radical (unpaired) electrons. The fourth-order valence-electron chi connectivity index (χ4n) is 1.52. The van der Waals surface area contributed by atoms with Gasteiger partial charge >= 0.3 is 0 Å². The minimum atomic E-state index is -3.69. The van der Waals surface area contributed by atoms with Gasteiger partial charge in [-0.15, -0.1) is 0 Å². The van der Waals surface area contributed by atoms with Crippen LogP contribution < -0.4 is 5.73 Å². The normalized spacial score (nSPS) is 13.6. The Morgan fingerprint density at radius 3 is 2.40 bits per heavy atom. The standard InChI is InChI=1S/C12H21N3O4S/c1-8(7-13)15(5)12(16)10-6-11(19-9(10)2)20(17,18)14(3)4/h6,8H,7,13H2,1-5H3. The van der Waals surface area contributed by atoms with Crippen LogP contribution >= 0.6 is 0 Å². The molecule has 1 unspecified atom stereocenters. The molecule has 2 N–H and O–H groups in total. The first-order chi connectivity index (χ1) is 9.12. The Morgan fingerprint density at radius 1 is 1.40 bits per heavy atom. The van der Waals surface area contributed by atoms with Gasteiger partial charge in [0.25, 0.3) is 15.9 Å². The zero-order chi connectivity index (χ0) is 15.7. The van der Waals surface area contributed by atoms with E-state index in [0.29, 0.717) is 6.54 Å². The van der Waals surface area contributed by atoms with Gasteiger partial charge in [0.05, 0.1) is 5.56 Å². The van der Waals surface area contributed by atoms with Crippen LogP contribution in [0.5, 0.6) is 0 Å². The summed E-state index contributed by atoms with van der Waals surface area (Å²) in [5, 5.41) is -0.239. The second kappa shape index (κ2) is 5.94. The van der Waals surface area contributed by atoms with Gasteiger partial charge in [-0.1, -0.05) is 0 Å². The van der Waals surface area contributed by atoms with E-state index in [9.17, 15) is 13.2 Å². The highest BCUT2D eigenvalue weighted by Crippen LogP contribution is 2.22. The van der Waals surface area contributed by atoms with Gasteiger partial charge in [-0.25, -0.2) is 12.7 Å². The van der Waals surface area contributed by atoms with E-state index in [0.717, 1.165) is 4.31 Å². The zero-order valence-electron chi connectivity index (χ0n) is 12.4. The molecule has 1 amide bonds. The SMILES string of the molecule is Cc1oc(S(=O)(=O)N(C)C)cc1C(=O)N(C)C(C)CN. The number of rotatable bonds is 5. The average Bonchev–Trinajstić information content (AvgIpc) is 2.78. The van der Waals surface area contributed by atoms with Crippen molar-refractivity contribution in [1.82, 2.24) is 9.21 Å². The maximum Gasteiger partial charge on any atom is 0.275 e. The Hall–Kier alpha value is -1.38. The summed E-state index contributed by atoms with van der Waals surface area (Å²) in [5.41, 5.74) is 5.75. The molecule has 0 bridgehead atoms. The van der Waals surface area contributed by atoms with E-state index in [1.54, 1.807) is 14.0 Å². The predicted octanol–water partition coefficient (Wildman–Crippen LogP) is 0.258. The highest BCUT2D eigenvalue weighted by atomic mass is 32.2. The molecule has 0 aliphatic carbocycles. The maximum absolute atomic E-state index is 12.3. The number of carbonyl (C=O) groups is 1. The quantitative estimate of drug-likeness (QED) is 0.841. The Kier molecular flexibility index (Phi) is 4.95. The summed E-state index contributed by atoms with van der Waals surface area (Å²) >= 11 is 0. The van der Waals surface area contributed by atoms with Gasteiger partial charge < -0.3 is 15.1 Å².